The van der Waals surface area contributed by atoms with Crippen LogP contribution >= 0.6 is 12.4 Å². The molecule has 2 aromatic rings. The van der Waals surface area contributed by atoms with Gasteiger partial charge in [0.1, 0.15) is 0 Å². The quantitative estimate of drug-likeness (QED) is 0.561. The average Bonchev–Trinajstić information content (AvgIpc) is 3.07. The fourth-order valence-electron chi connectivity index (χ4n) is 2.93. The van der Waals surface area contributed by atoms with E-state index < -0.39 is 5.97 Å². The van der Waals surface area contributed by atoms with Crippen LogP contribution in [0.5, 0.6) is 0 Å². The molecule has 0 fully saturated rings. The number of fused-ring (bicyclic) bond motifs is 1. The lowest BCUT2D eigenvalue weighted by Crippen LogP contribution is -2.25. The SMILES string of the molecule is CCNc1ccc(C(=O)OCC)cc1NC(=O)c1n[nH]c2c1CNCC2.Cl. The summed E-state index contributed by atoms with van der Waals surface area (Å²) in [4.78, 5) is 24.7. The number of H-pyrrole nitrogens is 1. The van der Waals surface area contributed by atoms with Crippen LogP contribution in [0.3, 0.4) is 0 Å². The lowest BCUT2D eigenvalue weighted by atomic mass is 10.1. The second kappa shape index (κ2) is 9.38. The number of anilines is 2. The number of esters is 1. The number of amides is 1. The number of hydrogen-bond donors (Lipinski definition) is 4. The number of aromatic nitrogens is 2. The molecule has 0 atom stereocenters. The van der Waals surface area contributed by atoms with Crippen LogP contribution < -0.4 is 16.0 Å². The van der Waals surface area contributed by atoms with Crippen molar-refractivity contribution in [1.29, 1.82) is 0 Å². The Kier molecular flexibility index (Phi) is 7.20. The van der Waals surface area contributed by atoms with Crippen molar-refractivity contribution in [3.05, 3.63) is 40.7 Å². The van der Waals surface area contributed by atoms with Crippen molar-refractivity contribution in [2.45, 2.75) is 26.8 Å². The first-order chi connectivity index (χ1) is 12.6. The Balaban J connectivity index is 0.00000261. The lowest BCUT2D eigenvalue weighted by molar-refractivity contribution is 0.0526. The van der Waals surface area contributed by atoms with Crippen molar-refractivity contribution in [2.24, 2.45) is 0 Å². The molecule has 0 bridgehead atoms. The summed E-state index contributed by atoms with van der Waals surface area (Å²) in [6.07, 6.45) is 0.816. The van der Waals surface area contributed by atoms with Gasteiger partial charge in [-0.2, -0.15) is 5.10 Å². The molecule has 1 amide bonds. The maximum atomic E-state index is 12.7. The normalized spacial score (nSPS) is 12.5. The van der Waals surface area contributed by atoms with Crippen LogP contribution in [-0.4, -0.2) is 41.8 Å². The van der Waals surface area contributed by atoms with Gasteiger partial charge < -0.3 is 20.7 Å². The van der Waals surface area contributed by atoms with Gasteiger partial charge in [0.05, 0.1) is 23.5 Å². The van der Waals surface area contributed by atoms with Crippen LogP contribution in [0.4, 0.5) is 11.4 Å². The third-order valence-electron chi connectivity index (χ3n) is 4.17. The monoisotopic (exact) mass is 393 g/mol. The number of rotatable bonds is 6. The molecule has 1 aromatic heterocycles. The van der Waals surface area contributed by atoms with E-state index in [1.165, 1.54) is 0 Å². The first kappa shape index (κ1) is 20.7. The smallest absolute Gasteiger partial charge is 0.338 e. The zero-order valence-electron chi connectivity index (χ0n) is 15.3. The Bertz CT molecular complexity index is 821. The highest BCUT2D eigenvalue weighted by atomic mass is 35.5. The summed E-state index contributed by atoms with van der Waals surface area (Å²) in [7, 11) is 0. The second-order valence-corrected chi connectivity index (χ2v) is 5.92. The highest BCUT2D eigenvalue weighted by Gasteiger charge is 2.22. The van der Waals surface area contributed by atoms with Crippen LogP contribution in [0.2, 0.25) is 0 Å². The van der Waals surface area contributed by atoms with Crippen molar-refractivity contribution in [2.75, 3.05) is 30.3 Å². The van der Waals surface area contributed by atoms with Crippen LogP contribution in [0.15, 0.2) is 18.2 Å². The molecule has 146 valence electrons. The number of ether oxygens (including phenoxy) is 1. The zero-order chi connectivity index (χ0) is 18.5. The molecule has 9 heteroatoms. The van der Waals surface area contributed by atoms with Crippen molar-refractivity contribution >= 4 is 35.7 Å². The third kappa shape index (κ3) is 4.58. The Labute approximate surface area is 163 Å². The van der Waals surface area contributed by atoms with E-state index in [0.717, 1.165) is 29.9 Å². The summed E-state index contributed by atoms with van der Waals surface area (Å²) in [6.45, 7) is 6.16. The largest absolute Gasteiger partial charge is 0.462 e. The summed E-state index contributed by atoms with van der Waals surface area (Å²) < 4.78 is 5.04. The minimum absolute atomic E-state index is 0. The van der Waals surface area contributed by atoms with Gasteiger partial charge in [-0.3, -0.25) is 9.89 Å². The van der Waals surface area contributed by atoms with Crippen LogP contribution in [-0.2, 0) is 17.7 Å². The van der Waals surface area contributed by atoms with Crippen LogP contribution in [0.25, 0.3) is 0 Å². The Morgan fingerprint density at radius 1 is 1.26 bits per heavy atom. The number of carbonyl (C=O) groups is 2. The lowest BCUT2D eigenvalue weighted by Gasteiger charge is -2.15. The van der Waals surface area contributed by atoms with Gasteiger partial charge in [-0.1, -0.05) is 0 Å². The Morgan fingerprint density at radius 3 is 2.81 bits per heavy atom. The van der Waals surface area contributed by atoms with Crippen LogP contribution in [0.1, 0.15) is 46.0 Å². The van der Waals surface area contributed by atoms with Gasteiger partial charge >= 0.3 is 5.97 Å². The molecule has 0 spiro atoms. The summed E-state index contributed by atoms with van der Waals surface area (Å²) in [6, 6.07) is 5.05. The summed E-state index contributed by atoms with van der Waals surface area (Å²) in [5.74, 6) is -0.737. The Hall–Kier alpha value is -2.58. The van der Waals surface area contributed by atoms with Gasteiger partial charge in [-0.25, -0.2) is 4.79 Å². The second-order valence-electron chi connectivity index (χ2n) is 5.92. The van der Waals surface area contributed by atoms with Crippen molar-refractivity contribution < 1.29 is 14.3 Å². The van der Waals surface area contributed by atoms with Gasteiger partial charge in [0.25, 0.3) is 5.91 Å². The molecular formula is C18H24ClN5O3. The number of hydrogen-bond acceptors (Lipinski definition) is 6. The number of carbonyl (C=O) groups excluding carboxylic acids is 2. The fraction of sp³-hybridized carbons (Fsp3) is 0.389. The molecule has 0 saturated carbocycles. The molecule has 27 heavy (non-hydrogen) atoms. The van der Waals surface area contributed by atoms with Gasteiger partial charge in [-0.05, 0) is 32.0 Å². The topological polar surface area (TPSA) is 108 Å². The van der Waals surface area contributed by atoms with Gasteiger partial charge in [0.2, 0.25) is 0 Å². The molecule has 1 aliphatic heterocycles. The molecule has 4 N–H and O–H groups in total. The molecular weight excluding hydrogens is 370 g/mol. The Morgan fingerprint density at radius 2 is 2.07 bits per heavy atom. The van der Waals surface area contributed by atoms with E-state index in [2.05, 4.69) is 26.1 Å². The van der Waals surface area contributed by atoms with E-state index >= 15 is 0 Å². The molecule has 0 unspecified atom stereocenters. The summed E-state index contributed by atoms with van der Waals surface area (Å²) in [5.41, 5.74) is 3.88. The van der Waals surface area contributed by atoms with Crippen molar-refractivity contribution in [3.8, 4) is 0 Å². The predicted molar refractivity (Wildman–Crippen MR) is 106 cm³/mol. The van der Waals surface area contributed by atoms with E-state index in [1.807, 2.05) is 6.92 Å². The third-order valence-corrected chi connectivity index (χ3v) is 4.17. The highest BCUT2D eigenvalue weighted by Crippen LogP contribution is 2.25. The first-order valence-electron chi connectivity index (χ1n) is 8.77. The molecule has 2 heterocycles. The van der Waals surface area contributed by atoms with Crippen LogP contribution in [0, 0.1) is 0 Å². The number of halogens is 1. The minimum atomic E-state index is -0.424. The highest BCUT2D eigenvalue weighted by molar-refractivity contribution is 6.06. The van der Waals surface area contributed by atoms with Gasteiger partial charge in [0.15, 0.2) is 5.69 Å². The van der Waals surface area contributed by atoms with E-state index in [9.17, 15) is 9.59 Å². The zero-order valence-corrected chi connectivity index (χ0v) is 16.2. The molecule has 0 saturated heterocycles. The standard InChI is InChI=1S/C18H23N5O3.ClH/c1-3-20-14-6-5-11(18(25)26-4-2)9-15(14)21-17(24)16-12-10-19-8-7-13(12)22-23-16;/h5-6,9,19-20H,3-4,7-8,10H2,1-2H3,(H,21,24)(H,22,23);1H. The van der Waals surface area contributed by atoms with Crippen molar-refractivity contribution in [3.63, 3.8) is 0 Å². The first-order valence-corrected chi connectivity index (χ1v) is 8.77. The number of benzene rings is 1. The average molecular weight is 394 g/mol. The molecule has 1 aliphatic rings. The molecule has 1 aromatic carbocycles. The summed E-state index contributed by atoms with van der Waals surface area (Å²) >= 11 is 0. The van der Waals surface area contributed by atoms with E-state index in [4.69, 9.17) is 4.74 Å². The van der Waals surface area contributed by atoms with E-state index in [-0.39, 0.29) is 18.3 Å². The molecule has 0 radical (unpaired) electrons. The number of aromatic amines is 1. The van der Waals surface area contributed by atoms with Crippen molar-refractivity contribution in [1.82, 2.24) is 15.5 Å². The fourth-order valence-corrected chi connectivity index (χ4v) is 2.93. The van der Waals surface area contributed by atoms with Gasteiger partial charge in [0, 0.05) is 37.3 Å². The maximum Gasteiger partial charge on any atom is 0.338 e. The molecule has 8 nitrogen and oxygen atoms in total. The number of nitrogens with one attached hydrogen (secondary N) is 4. The molecule has 3 rings (SSSR count). The molecule has 0 aliphatic carbocycles. The van der Waals surface area contributed by atoms with E-state index in [1.54, 1.807) is 25.1 Å². The predicted octanol–water partition coefficient (Wildman–Crippen LogP) is 2.34. The summed E-state index contributed by atoms with van der Waals surface area (Å²) in [5, 5.41) is 16.4. The minimum Gasteiger partial charge on any atom is -0.462 e. The van der Waals surface area contributed by atoms with E-state index in [0.29, 0.717) is 36.6 Å². The van der Waals surface area contributed by atoms with Gasteiger partial charge in [-0.15, -0.1) is 12.4 Å². The maximum absolute atomic E-state index is 12.7. The number of nitrogens with zero attached hydrogens (tertiary/aromatic N) is 1.